The van der Waals surface area contributed by atoms with Crippen molar-refractivity contribution < 1.29 is 4.79 Å². The van der Waals surface area contributed by atoms with Gasteiger partial charge in [0.25, 0.3) is 5.91 Å². The minimum Gasteiger partial charge on any atom is -0.353 e. The third-order valence-electron chi connectivity index (χ3n) is 5.09. The van der Waals surface area contributed by atoms with E-state index >= 15 is 0 Å². The van der Waals surface area contributed by atoms with Gasteiger partial charge in [-0.1, -0.05) is 13.8 Å². The molecule has 2 heterocycles. The largest absolute Gasteiger partial charge is 0.353 e. The van der Waals surface area contributed by atoms with Gasteiger partial charge in [0.05, 0.1) is 23.3 Å². The van der Waals surface area contributed by atoms with Crippen LogP contribution in [0.4, 0.5) is 5.69 Å². The molecule has 1 aliphatic carbocycles. The SMILES string of the molecule is CC1(C)CC/C(=N\N)c2[nH]c3ccc(C(=O)Nc4cccnc4)cc3c21. The summed E-state index contributed by atoms with van der Waals surface area (Å²) in [6.07, 6.45) is 5.11. The van der Waals surface area contributed by atoms with Crippen molar-refractivity contribution in [1.29, 1.82) is 0 Å². The first kappa shape index (κ1) is 16.3. The molecule has 1 aliphatic rings. The van der Waals surface area contributed by atoms with Gasteiger partial charge < -0.3 is 16.1 Å². The number of amides is 1. The van der Waals surface area contributed by atoms with Gasteiger partial charge in [0.1, 0.15) is 0 Å². The first-order valence-electron chi connectivity index (χ1n) is 8.64. The number of aromatic amines is 1. The van der Waals surface area contributed by atoms with E-state index < -0.39 is 0 Å². The number of carbonyl (C=O) groups excluding carboxylic acids is 1. The van der Waals surface area contributed by atoms with Gasteiger partial charge in [0.2, 0.25) is 0 Å². The van der Waals surface area contributed by atoms with E-state index in [-0.39, 0.29) is 11.3 Å². The zero-order valence-electron chi connectivity index (χ0n) is 14.8. The Bertz CT molecular complexity index is 1020. The van der Waals surface area contributed by atoms with E-state index in [1.54, 1.807) is 18.5 Å². The molecule has 0 fully saturated rings. The van der Waals surface area contributed by atoms with Crippen molar-refractivity contribution in [3.63, 3.8) is 0 Å². The topological polar surface area (TPSA) is 96.2 Å². The van der Waals surface area contributed by atoms with E-state index in [0.717, 1.165) is 35.2 Å². The van der Waals surface area contributed by atoms with Gasteiger partial charge in [-0.3, -0.25) is 9.78 Å². The number of nitrogens with one attached hydrogen (secondary N) is 2. The van der Waals surface area contributed by atoms with Crippen LogP contribution in [0.2, 0.25) is 0 Å². The Kier molecular flexibility index (Phi) is 3.76. The summed E-state index contributed by atoms with van der Waals surface area (Å²) in [5.41, 5.74) is 5.31. The average Bonchev–Trinajstić information content (AvgIpc) is 3.02. The molecular weight excluding hydrogens is 326 g/mol. The number of nitrogens with two attached hydrogens (primary N) is 1. The maximum Gasteiger partial charge on any atom is 0.255 e. The van der Waals surface area contributed by atoms with Crippen LogP contribution in [0.3, 0.4) is 0 Å². The number of hydrazone groups is 1. The second-order valence-corrected chi connectivity index (χ2v) is 7.29. The van der Waals surface area contributed by atoms with Gasteiger partial charge in [-0.15, -0.1) is 0 Å². The molecule has 0 atom stereocenters. The minimum absolute atomic E-state index is 0.0137. The number of carbonyl (C=O) groups is 1. The third-order valence-corrected chi connectivity index (χ3v) is 5.09. The predicted octanol–water partition coefficient (Wildman–Crippen LogP) is 3.55. The quantitative estimate of drug-likeness (QED) is 0.488. The molecule has 0 radical (unpaired) electrons. The molecule has 1 amide bonds. The van der Waals surface area contributed by atoms with E-state index in [4.69, 9.17) is 5.84 Å². The second kappa shape index (κ2) is 5.98. The summed E-state index contributed by atoms with van der Waals surface area (Å²) >= 11 is 0. The molecule has 0 bridgehead atoms. The molecule has 0 spiro atoms. The Morgan fingerprint density at radius 2 is 2.19 bits per heavy atom. The van der Waals surface area contributed by atoms with Gasteiger partial charge >= 0.3 is 0 Å². The number of H-pyrrole nitrogens is 1. The summed E-state index contributed by atoms with van der Waals surface area (Å²) in [6, 6.07) is 9.31. The van der Waals surface area contributed by atoms with Gasteiger partial charge in [0.15, 0.2) is 0 Å². The zero-order valence-corrected chi connectivity index (χ0v) is 14.8. The van der Waals surface area contributed by atoms with E-state index in [0.29, 0.717) is 11.3 Å². The highest BCUT2D eigenvalue weighted by Crippen LogP contribution is 2.41. The lowest BCUT2D eigenvalue weighted by Gasteiger charge is -2.31. The van der Waals surface area contributed by atoms with E-state index in [1.807, 2.05) is 24.3 Å². The number of nitrogens with zero attached hydrogens (tertiary/aromatic N) is 2. The van der Waals surface area contributed by atoms with Crippen molar-refractivity contribution in [2.75, 3.05) is 5.32 Å². The van der Waals surface area contributed by atoms with Crippen LogP contribution in [0.25, 0.3) is 10.9 Å². The fourth-order valence-electron chi connectivity index (χ4n) is 3.70. The summed E-state index contributed by atoms with van der Waals surface area (Å²) in [5, 5.41) is 7.89. The van der Waals surface area contributed by atoms with Crippen LogP contribution in [0.15, 0.2) is 47.8 Å². The Labute approximate surface area is 151 Å². The normalized spacial score (nSPS) is 17.2. The molecule has 26 heavy (non-hydrogen) atoms. The lowest BCUT2D eigenvalue weighted by atomic mass is 9.73. The van der Waals surface area contributed by atoms with Crippen LogP contribution >= 0.6 is 0 Å². The highest BCUT2D eigenvalue weighted by Gasteiger charge is 2.34. The number of fused-ring (bicyclic) bond motifs is 3. The standard InChI is InChI=1S/C20H21N5O/c1-20(2)8-7-16(25-21)18-17(20)14-10-12(5-6-15(14)24-18)19(26)23-13-4-3-9-22-11-13/h3-6,9-11,24H,7-8,21H2,1-2H3,(H,23,26)/b25-16+. The van der Waals surface area contributed by atoms with Gasteiger partial charge in [0, 0.05) is 22.7 Å². The zero-order chi connectivity index (χ0) is 18.3. The molecule has 0 saturated carbocycles. The molecule has 6 nitrogen and oxygen atoms in total. The second-order valence-electron chi connectivity index (χ2n) is 7.29. The average molecular weight is 347 g/mol. The smallest absolute Gasteiger partial charge is 0.255 e. The van der Waals surface area contributed by atoms with Crippen molar-refractivity contribution in [3.8, 4) is 0 Å². The molecule has 1 aromatic carbocycles. The third kappa shape index (κ3) is 2.63. The van der Waals surface area contributed by atoms with Crippen molar-refractivity contribution in [1.82, 2.24) is 9.97 Å². The number of aromatic nitrogens is 2. The van der Waals surface area contributed by atoms with Gasteiger partial charge in [-0.05, 0) is 54.2 Å². The lowest BCUT2D eigenvalue weighted by Crippen LogP contribution is -2.27. The van der Waals surface area contributed by atoms with Gasteiger partial charge in [-0.25, -0.2) is 0 Å². The summed E-state index contributed by atoms with van der Waals surface area (Å²) in [7, 11) is 0. The van der Waals surface area contributed by atoms with Crippen LogP contribution in [-0.2, 0) is 5.41 Å². The van der Waals surface area contributed by atoms with E-state index in [9.17, 15) is 4.79 Å². The molecule has 4 rings (SSSR count). The van der Waals surface area contributed by atoms with E-state index in [1.165, 1.54) is 5.56 Å². The molecular formula is C20H21N5O. The van der Waals surface area contributed by atoms with Crippen LogP contribution in [0.1, 0.15) is 48.3 Å². The number of pyridine rings is 1. The molecule has 4 N–H and O–H groups in total. The minimum atomic E-state index is -0.156. The molecule has 0 aliphatic heterocycles. The van der Waals surface area contributed by atoms with Gasteiger partial charge in [-0.2, -0.15) is 5.10 Å². The Morgan fingerprint density at radius 3 is 2.92 bits per heavy atom. The fourth-order valence-corrected chi connectivity index (χ4v) is 3.70. The molecule has 3 aromatic rings. The maximum absolute atomic E-state index is 12.6. The number of hydrogen-bond donors (Lipinski definition) is 3. The monoisotopic (exact) mass is 347 g/mol. The molecule has 132 valence electrons. The Hall–Kier alpha value is -3.15. The first-order valence-corrected chi connectivity index (χ1v) is 8.64. The summed E-state index contributed by atoms with van der Waals surface area (Å²) < 4.78 is 0. The first-order chi connectivity index (χ1) is 12.5. The predicted molar refractivity (Wildman–Crippen MR) is 103 cm³/mol. The lowest BCUT2D eigenvalue weighted by molar-refractivity contribution is 0.102. The summed E-state index contributed by atoms with van der Waals surface area (Å²) in [4.78, 5) is 20.1. The van der Waals surface area contributed by atoms with Crippen molar-refractivity contribution in [2.24, 2.45) is 10.9 Å². The van der Waals surface area contributed by atoms with Crippen molar-refractivity contribution in [3.05, 3.63) is 59.5 Å². The molecule has 0 saturated heterocycles. The fraction of sp³-hybridized carbons (Fsp3) is 0.250. The van der Waals surface area contributed by atoms with Crippen LogP contribution in [-0.4, -0.2) is 21.6 Å². The summed E-state index contributed by atoms with van der Waals surface area (Å²) in [6.45, 7) is 4.43. The van der Waals surface area contributed by atoms with Crippen LogP contribution in [0.5, 0.6) is 0 Å². The molecule has 0 unspecified atom stereocenters. The highest BCUT2D eigenvalue weighted by atomic mass is 16.1. The number of benzene rings is 1. The van der Waals surface area contributed by atoms with Crippen LogP contribution in [0, 0.1) is 0 Å². The highest BCUT2D eigenvalue weighted by molar-refractivity contribution is 6.10. The van der Waals surface area contributed by atoms with Crippen molar-refractivity contribution in [2.45, 2.75) is 32.1 Å². The Balaban J connectivity index is 1.79. The number of hydrogen-bond acceptors (Lipinski definition) is 4. The number of rotatable bonds is 2. The van der Waals surface area contributed by atoms with E-state index in [2.05, 4.69) is 34.2 Å². The number of anilines is 1. The van der Waals surface area contributed by atoms with Crippen molar-refractivity contribution >= 4 is 28.2 Å². The summed E-state index contributed by atoms with van der Waals surface area (Å²) in [5.74, 6) is 5.43. The maximum atomic E-state index is 12.6. The molecule has 6 heteroatoms. The Morgan fingerprint density at radius 1 is 1.35 bits per heavy atom. The van der Waals surface area contributed by atoms with Crippen LogP contribution < -0.4 is 11.2 Å². The molecule has 2 aromatic heterocycles.